The van der Waals surface area contributed by atoms with Gasteiger partial charge in [-0.05, 0) is 37.1 Å². The van der Waals surface area contributed by atoms with Gasteiger partial charge in [0, 0.05) is 11.1 Å². The zero-order valence-electron chi connectivity index (χ0n) is 14.3. The molecule has 136 valence electrons. The molecule has 0 bridgehead atoms. The molecule has 2 aromatic rings. The van der Waals surface area contributed by atoms with Gasteiger partial charge >= 0.3 is 0 Å². The molecule has 0 spiro atoms. The molecule has 0 radical (unpaired) electrons. The summed E-state index contributed by atoms with van der Waals surface area (Å²) in [5.41, 5.74) is 1.91. The van der Waals surface area contributed by atoms with E-state index in [1.54, 1.807) is 36.4 Å². The highest BCUT2D eigenvalue weighted by Crippen LogP contribution is 2.41. The van der Waals surface area contributed by atoms with Gasteiger partial charge in [-0.3, -0.25) is 9.59 Å². The lowest BCUT2D eigenvalue weighted by Gasteiger charge is -2.12. The molecule has 1 fully saturated rings. The second-order valence-corrected chi connectivity index (χ2v) is 7.02. The molecule has 1 aliphatic rings. The maximum Gasteiger partial charge on any atom is 0.228 e. The SMILES string of the molecule is COc1cc(Cl)c(C)cc1NC(=O)C1CC1C(=O)Nc1ccccc1Cl. The molecule has 0 aliphatic heterocycles. The van der Waals surface area contributed by atoms with Crippen LogP contribution in [0.15, 0.2) is 36.4 Å². The van der Waals surface area contributed by atoms with Crippen LogP contribution in [0.1, 0.15) is 12.0 Å². The normalized spacial score (nSPS) is 18.2. The highest BCUT2D eigenvalue weighted by molar-refractivity contribution is 6.33. The van der Waals surface area contributed by atoms with E-state index in [1.807, 2.05) is 6.92 Å². The Labute approximate surface area is 161 Å². The van der Waals surface area contributed by atoms with E-state index in [2.05, 4.69) is 10.6 Å². The van der Waals surface area contributed by atoms with Gasteiger partial charge in [-0.2, -0.15) is 0 Å². The number of benzene rings is 2. The third kappa shape index (κ3) is 3.94. The Kier molecular flexibility index (Phi) is 5.39. The zero-order chi connectivity index (χ0) is 18.8. The molecule has 0 saturated heterocycles. The van der Waals surface area contributed by atoms with E-state index in [4.69, 9.17) is 27.9 Å². The summed E-state index contributed by atoms with van der Waals surface area (Å²) in [5.74, 6) is -0.697. The van der Waals surface area contributed by atoms with E-state index < -0.39 is 0 Å². The number of hydrogen-bond acceptors (Lipinski definition) is 3. The lowest BCUT2D eigenvalue weighted by molar-refractivity contribution is -0.122. The molecule has 2 N–H and O–H groups in total. The number of amides is 2. The van der Waals surface area contributed by atoms with Crippen LogP contribution in [0.5, 0.6) is 5.75 Å². The lowest BCUT2D eigenvalue weighted by atomic mass is 10.2. The van der Waals surface area contributed by atoms with Gasteiger partial charge in [-0.1, -0.05) is 35.3 Å². The van der Waals surface area contributed by atoms with Crippen molar-refractivity contribution >= 4 is 46.4 Å². The molecular weight excluding hydrogens is 375 g/mol. The maximum atomic E-state index is 12.5. The van der Waals surface area contributed by atoms with Crippen LogP contribution in [0.3, 0.4) is 0 Å². The van der Waals surface area contributed by atoms with E-state index in [0.29, 0.717) is 33.6 Å². The number of anilines is 2. The van der Waals surface area contributed by atoms with E-state index >= 15 is 0 Å². The van der Waals surface area contributed by atoms with Gasteiger partial charge < -0.3 is 15.4 Å². The number of halogens is 2. The van der Waals surface area contributed by atoms with E-state index in [0.717, 1.165) is 5.56 Å². The Morgan fingerprint density at radius 3 is 2.23 bits per heavy atom. The highest BCUT2D eigenvalue weighted by Gasteiger charge is 2.48. The van der Waals surface area contributed by atoms with Gasteiger partial charge in [0.2, 0.25) is 11.8 Å². The Morgan fingerprint density at radius 2 is 1.62 bits per heavy atom. The first-order chi connectivity index (χ1) is 12.4. The largest absolute Gasteiger partial charge is 0.495 e. The molecule has 2 unspecified atom stereocenters. The van der Waals surface area contributed by atoms with Gasteiger partial charge in [0.05, 0.1) is 35.3 Å². The molecule has 3 rings (SSSR count). The first-order valence-electron chi connectivity index (χ1n) is 8.11. The predicted molar refractivity (Wildman–Crippen MR) is 103 cm³/mol. The summed E-state index contributed by atoms with van der Waals surface area (Å²) in [6.45, 7) is 1.84. The molecule has 2 aromatic carbocycles. The van der Waals surface area contributed by atoms with Crippen LogP contribution in [-0.2, 0) is 9.59 Å². The summed E-state index contributed by atoms with van der Waals surface area (Å²) in [7, 11) is 1.51. The minimum atomic E-state index is -0.377. The number of carbonyl (C=O) groups is 2. The Hall–Kier alpha value is -2.24. The second-order valence-electron chi connectivity index (χ2n) is 6.21. The number of rotatable bonds is 5. The molecule has 1 aliphatic carbocycles. The summed E-state index contributed by atoms with van der Waals surface area (Å²) >= 11 is 12.1. The minimum absolute atomic E-state index is 0.211. The molecule has 0 heterocycles. The van der Waals surface area contributed by atoms with Crippen LogP contribution in [0.2, 0.25) is 10.0 Å². The number of ether oxygens (including phenoxy) is 1. The first-order valence-corrected chi connectivity index (χ1v) is 8.86. The first kappa shape index (κ1) is 18.5. The van der Waals surface area contributed by atoms with Crippen LogP contribution in [0.4, 0.5) is 11.4 Å². The fourth-order valence-corrected chi connectivity index (χ4v) is 3.05. The van der Waals surface area contributed by atoms with Crippen LogP contribution in [0.25, 0.3) is 0 Å². The smallest absolute Gasteiger partial charge is 0.228 e. The molecule has 2 atom stereocenters. The molecule has 1 saturated carbocycles. The van der Waals surface area contributed by atoms with Gasteiger partial charge in [0.15, 0.2) is 0 Å². The molecule has 26 heavy (non-hydrogen) atoms. The Morgan fingerprint density at radius 1 is 1.00 bits per heavy atom. The van der Waals surface area contributed by atoms with Gasteiger partial charge in [-0.25, -0.2) is 0 Å². The highest BCUT2D eigenvalue weighted by atomic mass is 35.5. The number of para-hydroxylation sites is 1. The van der Waals surface area contributed by atoms with Crippen molar-refractivity contribution in [2.45, 2.75) is 13.3 Å². The quantitative estimate of drug-likeness (QED) is 0.785. The van der Waals surface area contributed by atoms with Crippen molar-refractivity contribution in [3.05, 3.63) is 52.0 Å². The average molecular weight is 393 g/mol. The number of aryl methyl sites for hydroxylation is 1. The lowest BCUT2D eigenvalue weighted by Crippen LogP contribution is -2.21. The molecular formula is C19H18Cl2N2O3. The van der Waals surface area contributed by atoms with Crippen molar-refractivity contribution in [1.29, 1.82) is 0 Å². The van der Waals surface area contributed by atoms with Crippen LogP contribution >= 0.6 is 23.2 Å². The van der Waals surface area contributed by atoms with Crippen molar-refractivity contribution in [3.63, 3.8) is 0 Å². The van der Waals surface area contributed by atoms with Crippen molar-refractivity contribution in [2.24, 2.45) is 11.8 Å². The van der Waals surface area contributed by atoms with Crippen molar-refractivity contribution in [2.75, 3.05) is 17.7 Å². The maximum absolute atomic E-state index is 12.5. The van der Waals surface area contributed by atoms with Crippen molar-refractivity contribution in [1.82, 2.24) is 0 Å². The third-order valence-electron chi connectivity index (χ3n) is 4.33. The molecule has 2 amide bonds. The number of carbonyl (C=O) groups excluding carboxylic acids is 2. The predicted octanol–water partition coefficient (Wildman–Crippen LogP) is 4.52. The third-order valence-corrected chi connectivity index (χ3v) is 5.07. The summed E-state index contributed by atoms with van der Waals surface area (Å²) < 4.78 is 5.26. The topological polar surface area (TPSA) is 67.4 Å². The van der Waals surface area contributed by atoms with Crippen LogP contribution in [0, 0.1) is 18.8 Å². The zero-order valence-corrected chi connectivity index (χ0v) is 15.8. The van der Waals surface area contributed by atoms with Gasteiger partial charge in [-0.15, -0.1) is 0 Å². The average Bonchev–Trinajstić information content (AvgIpc) is 3.41. The standard InChI is InChI=1S/C19H18Cl2N2O3/c1-10-7-16(17(26-2)9-14(10)21)23-19(25)12-8-11(12)18(24)22-15-6-4-3-5-13(15)20/h3-7,9,11-12H,8H2,1-2H3,(H,22,24)(H,23,25). The molecule has 7 heteroatoms. The second kappa shape index (κ2) is 7.56. The number of methoxy groups -OCH3 is 1. The van der Waals surface area contributed by atoms with E-state index in [9.17, 15) is 9.59 Å². The molecule has 5 nitrogen and oxygen atoms in total. The van der Waals surface area contributed by atoms with Crippen molar-refractivity contribution in [3.8, 4) is 5.75 Å². The fraction of sp³-hybridized carbons (Fsp3) is 0.263. The van der Waals surface area contributed by atoms with E-state index in [1.165, 1.54) is 7.11 Å². The minimum Gasteiger partial charge on any atom is -0.495 e. The van der Waals surface area contributed by atoms with Crippen molar-refractivity contribution < 1.29 is 14.3 Å². The molecule has 0 aromatic heterocycles. The van der Waals surface area contributed by atoms with Gasteiger partial charge in [0.25, 0.3) is 0 Å². The summed E-state index contributed by atoms with van der Waals surface area (Å²) in [4.78, 5) is 24.8. The van der Waals surface area contributed by atoms with E-state index in [-0.39, 0.29) is 23.7 Å². The Balaban J connectivity index is 1.64. The Bertz CT molecular complexity index is 870. The van der Waals surface area contributed by atoms with Crippen LogP contribution < -0.4 is 15.4 Å². The van der Waals surface area contributed by atoms with Gasteiger partial charge in [0.1, 0.15) is 5.75 Å². The summed E-state index contributed by atoms with van der Waals surface area (Å²) in [6.07, 6.45) is 0.497. The monoisotopic (exact) mass is 392 g/mol. The summed E-state index contributed by atoms with van der Waals surface area (Å²) in [5, 5.41) is 6.61. The van der Waals surface area contributed by atoms with Crippen LogP contribution in [-0.4, -0.2) is 18.9 Å². The number of hydrogen-bond donors (Lipinski definition) is 2. The summed E-state index contributed by atoms with van der Waals surface area (Å²) in [6, 6.07) is 10.4. The number of nitrogens with one attached hydrogen (secondary N) is 2. The fourth-order valence-electron chi connectivity index (χ4n) is 2.72.